The summed E-state index contributed by atoms with van der Waals surface area (Å²) in [6.45, 7) is -5.10. The third-order valence-corrected chi connectivity index (χ3v) is 7.54. The minimum absolute atomic E-state index is 0.0101. The van der Waals surface area contributed by atoms with E-state index in [1.807, 2.05) is 0 Å². The highest BCUT2D eigenvalue weighted by Gasteiger charge is 2.47. The number of ether oxygens (including phenoxy) is 3. The van der Waals surface area contributed by atoms with Crippen molar-refractivity contribution >= 4 is 24.9 Å². The number of H-pyrrole nitrogens is 1. The number of aromatic nitrogens is 4. The number of anilines is 1. The number of hydrogen-bond acceptors (Lipinski definition) is 13. The molecule has 5 N–H and O–H groups in total. The number of nitrogen functional groups attached to an aromatic ring is 1. The zero-order chi connectivity index (χ0) is 26.9. The van der Waals surface area contributed by atoms with Crippen LogP contribution in [-0.2, 0) is 27.8 Å². The molecule has 18 heteroatoms. The molecule has 4 heterocycles. The smallest absolute Gasteiger partial charge is 0.386 e. The van der Waals surface area contributed by atoms with Crippen LogP contribution in [0.4, 0.5) is 5.82 Å². The molecule has 16 nitrogen and oxygen atoms in total. The van der Waals surface area contributed by atoms with Crippen molar-refractivity contribution in [3.8, 4) is 0 Å². The molecule has 0 aliphatic carbocycles. The summed E-state index contributed by atoms with van der Waals surface area (Å²) < 4.78 is 42.6. The second-order valence-electron chi connectivity index (χ2n) is 8.27. The van der Waals surface area contributed by atoms with Gasteiger partial charge in [-0.25, -0.2) is 14.2 Å². The first-order valence-corrected chi connectivity index (χ1v) is 13.7. The lowest BCUT2D eigenvalue weighted by Gasteiger charge is -2.22. The maximum atomic E-state index is 13.0. The minimum Gasteiger partial charge on any atom is -0.394 e. The van der Waals surface area contributed by atoms with Crippen molar-refractivity contribution in [3.05, 3.63) is 55.8 Å². The van der Waals surface area contributed by atoms with Gasteiger partial charge in [0.2, 0.25) is 0 Å². The normalized spacial score (nSPS) is 31.4. The van der Waals surface area contributed by atoms with Gasteiger partial charge in [0.1, 0.15) is 42.6 Å². The molecule has 0 saturated carbocycles. The van der Waals surface area contributed by atoms with Crippen molar-refractivity contribution in [2.24, 2.45) is 0 Å². The lowest BCUT2D eigenvalue weighted by atomic mass is 10.1. The molecule has 2 unspecified atom stereocenters. The van der Waals surface area contributed by atoms with E-state index in [9.17, 15) is 29.2 Å². The Hall–Kier alpha value is -2.34. The van der Waals surface area contributed by atoms with Crippen LogP contribution in [0.15, 0.2) is 38.9 Å². The first-order valence-electron chi connectivity index (χ1n) is 11.0. The first-order chi connectivity index (χ1) is 17.5. The van der Waals surface area contributed by atoms with Gasteiger partial charge in [0, 0.05) is 32.0 Å². The molecule has 37 heavy (non-hydrogen) atoms. The number of methoxy groups -OCH3 is 1. The monoisotopic (exact) mass is 563 g/mol. The van der Waals surface area contributed by atoms with E-state index in [0.717, 1.165) is 15.2 Å². The Morgan fingerprint density at radius 3 is 2.62 bits per heavy atom. The van der Waals surface area contributed by atoms with Crippen molar-refractivity contribution in [3.63, 3.8) is 0 Å². The summed E-state index contributed by atoms with van der Waals surface area (Å²) in [7, 11) is 1.30. The van der Waals surface area contributed by atoms with E-state index in [2.05, 4.69) is 22.2 Å². The standard InChI is InChI=1S/C19H26N5O11PS/c1-31-16-15(27)11(34-17(16)24-5-3-13(26)22-19(24)29)8-32-36(30,37)35-9-6-14(33-10(9)7-25)23-4-2-12(20)21-18(23)28/h2-5,9-11,14-17,25,27H,6-8H2,1H3,(H,30,37)(H2,20,21,28)(H,22,26,29)/t9-,10-,11-,14-,15?,16+,17-,36?/m1/s1. The fourth-order valence-corrected chi connectivity index (χ4v) is 5.65. The van der Waals surface area contributed by atoms with E-state index >= 15 is 0 Å². The SMILES string of the molecule is CO[C@H]1C(O)[C@@H](COP(=O)(S)O[C@@H]2C[C@H](n3ccc(N)nc3=O)O[C@@H]2CO)O[C@H]1n1ccc(=O)[nH]c1=O. The Labute approximate surface area is 213 Å². The molecule has 204 valence electrons. The maximum Gasteiger partial charge on any atom is 0.386 e. The van der Waals surface area contributed by atoms with Gasteiger partial charge in [-0.1, -0.05) is 12.2 Å². The molecule has 0 amide bonds. The van der Waals surface area contributed by atoms with Gasteiger partial charge >= 0.3 is 18.2 Å². The number of hydrogen-bond donors (Lipinski definition) is 5. The van der Waals surface area contributed by atoms with E-state index in [1.54, 1.807) is 0 Å². The molecule has 2 aliphatic heterocycles. The van der Waals surface area contributed by atoms with Crippen molar-refractivity contribution in [2.45, 2.75) is 49.4 Å². The molecule has 0 bridgehead atoms. The summed E-state index contributed by atoms with van der Waals surface area (Å²) in [6.07, 6.45) is -4.80. The molecular weight excluding hydrogens is 537 g/mol. The average Bonchev–Trinajstić information content (AvgIpc) is 3.37. The predicted molar refractivity (Wildman–Crippen MR) is 128 cm³/mol. The van der Waals surface area contributed by atoms with Crippen molar-refractivity contribution < 1.29 is 38.0 Å². The Morgan fingerprint density at radius 1 is 1.24 bits per heavy atom. The van der Waals surface area contributed by atoms with Gasteiger partial charge in [-0.05, 0) is 6.07 Å². The van der Waals surface area contributed by atoms with E-state index < -0.39 is 79.9 Å². The second-order valence-corrected chi connectivity index (χ2v) is 11.1. The molecule has 8 atom stereocenters. The van der Waals surface area contributed by atoms with E-state index in [-0.39, 0.29) is 12.2 Å². The Kier molecular flexibility index (Phi) is 8.37. The number of rotatable bonds is 9. The van der Waals surface area contributed by atoms with Gasteiger partial charge in [0.05, 0.1) is 13.2 Å². The van der Waals surface area contributed by atoms with Crippen molar-refractivity contribution in [1.29, 1.82) is 0 Å². The van der Waals surface area contributed by atoms with Gasteiger partial charge in [-0.2, -0.15) is 4.98 Å². The van der Waals surface area contributed by atoms with Crippen LogP contribution in [0.25, 0.3) is 0 Å². The van der Waals surface area contributed by atoms with Crippen LogP contribution in [0.5, 0.6) is 0 Å². The predicted octanol–water partition coefficient (Wildman–Crippen LogP) is -1.63. The van der Waals surface area contributed by atoms with Crippen LogP contribution in [0.3, 0.4) is 0 Å². The fourth-order valence-electron chi connectivity index (χ4n) is 4.12. The topological polar surface area (TPSA) is 219 Å². The molecule has 2 aliphatic rings. The van der Waals surface area contributed by atoms with Gasteiger partial charge < -0.3 is 30.2 Å². The van der Waals surface area contributed by atoms with Gasteiger partial charge in [-0.3, -0.25) is 28.0 Å². The molecule has 0 radical (unpaired) electrons. The molecule has 4 rings (SSSR count). The maximum absolute atomic E-state index is 13.0. The number of aromatic amines is 1. The quantitative estimate of drug-likeness (QED) is 0.171. The molecule has 2 aromatic heterocycles. The van der Waals surface area contributed by atoms with Crippen LogP contribution in [-0.4, -0.2) is 80.2 Å². The highest BCUT2D eigenvalue weighted by Crippen LogP contribution is 2.56. The third-order valence-electron chi connectivity index (χ3n) is 5.90. The van der Waals surface area contributed by atoms with Crippen molar-refractivity contribution in [1.82, 2.24) is 19.1 Å². The van der Waals surface area contributed by atoms with E-state index in [1.165, 1.54) is 25.6 Å². The van der Waals surface area contributed by atoms with Crippen LogP contribution in [0, 0.1) is 0 Å². The number of nitrogens with zero attached hydrogens (tertiary/aromatic N) is 3. The van der Waals surface area contributed by atoms with Gasteiger partial charge in [0.25, 0.3) is 5.56 Å². The van der Waals surface area contributed by atoms with Crippen molar-refractivity contribution in [2.75, 3.05) is 26.1 Å². The Morgan fingerprint density at radius 2 is 1.97 bits per heavy atom. The van der Waals surface area contributed by atoms with Crippen LogP contribution in [0.2, 0.25) is 0 Å². The lowest BCUT2D eigenvalue weighted by molar-refractivity contribution is -0.0625. The zero-order valence-corrected chi connectivity index (χ0v) is 21.1. The van der Waals surface area contributed by atoms with Gasteiger partial charge in [0.15, 0.2) is 6.23 Å². The molecular formula is C19H26N5O11PS. The molecule has 0 aromatic carbocycles. The lowest BCUT2D eigenvalue weighted by Crippen LogP contribution is -2.38. The summed E-state index contributed by atoms with van der Waals surface area (Å²) in [5, 5.41) is 20.3. The average molecular weight is 563 g/mol. The first kappa shape index (κ1) is 27.7. The minimum atomic E-state index is -4.11. The van der Waals surface area contributed by atoms with Crippen LogP contribution < -0.4 is 22.7 Å². The zero-order valence-electron chi connectivity index (χ0n) is 19.4. The molecule has 0 spiro atoms. The summed E-state index contributed by atoms with van der Waals surface area (Å²) in [4.78, 5) is 41.3. The van der Waals surface area contributed by atoms with Gasteiger partial charge in [-0.15, -0.1) is 0 Å². The number of aliphatic hydroxyl groups is 2. The fraction of sp³-hybridized carbons (Fsp3) is 0.579. The highest BCUT2D eigenvalue weighted by molar-refractivity contribution is 8.44. The summed E-state index contributed by atoms with van der Waals surface area (Å²) in [6, 6.07) is 2.50. The van der Waals surface area contributed by atoms with Crippen LogP contribution >= 0.6 is 19.0 Å². The molecule has 2 aromatic rings. The third kappa shape index (κ3) is 6.05. The molecule has 2 fully saturated rings. The Balaban J connectivity index is 1.41. The Bertz CT molecular complexity index is 1330. The number of aliphatic hydroxyl groups excluding tert-OH is 2. The summed E-state index contributed by atoms with van der Waals surface area (Å²) in [5.74, 6) is 0.0266. The van der Waals surface area contributed by atoms with E-state index in [0.29, 0.717) is 0 Å². The van der Waals surface area contributed by atoms with Crippen LogP contribution in [0.1, 0.15) is 18.9 Å². The molecule has 2 saturated heterocycles. The number of thiol groups is 1. The summed E-state index contributed by atoms with van der Waals surface area (Å²) in [5.41, 5.74) is 3.43. The number of nitrogens with one attached hydrogen (secondary N) is 1. The highest BCUT2D eigenvalue weighted by atomic mass is 32.7. The number of nitrogens with two attached hydrogens (primary N) is 1. The largest absolute Gasteiger partial charge is 0.394 e. The summed E-state index contributed by atoms with van der Waals surface area (Å²) >= 11 is 3.97. The second kappa shape index (κ2) is 11.2. The van der Waals surface area contributed by atoms with E-state index in [4.69, 9.17) is 29.0 Å².